The molecule has 0 aromatic heterocycles. The largest absolute Gasteiger partial charge is 0.366 e. The minimum Gasteiger partial charge on any atom is -0.366 e. The van der Waals surface area contributed by atoms with E-state index in [1.54, 1.807) is 139 Å². The van der Waals surface area contributed by atoms with Crippen molar-refractivity contribution in [3.8, 4) is 0 Å². The van der Waals surface area contributed by atoms with Gasteiger partial charge in [0.15, 0.2) is 38.2 Å². The van der Waals surface area contributed by atoms with E-state index >= 15 is 0 Å². The molecule has 0 radical (unpaired) electrons. The molecule has 85 heavy (non-hydrogen) atoms. The molecule has 0 bridgehead atoms. The second-order valence-corrected chi connectivity index (χ2v) is 22.3. The molecule has 6 aromatic rings. The molecule has 0 unspecified atom stereocenters. The van der Waals surface area contributed by atoms with Crippen molar-refractivity contribution in [1.82, 2.24) is 5.32 Å². The number of carbonyl (C=O) groups excluding carboxylic acids is 6. The van der Waals surface area contributed by atoms with Crippen molar-refractivity contribution >= 4 is 138 Å². The molecule has 3 N–H and O–H groups in total. The Hall–Kier alpha value is -9.73. The number of primary amides is 1. The Bertz CT molecular complexity index is 3880. The van der Waals surface area contributed by atoms with E-state index in [4.69, 9.17) is 62.1 Å². The van der Waals surface area contributed by atoms with Crippen molar-refractivity contribution in [2.24, 2.45) is 5.73 Å². The summed E-state index contributed by atoms with van der Waals surface area (Å²) < 4.78 is 43.2. The molecule has 5 amide bonds. The number of amides is 5. The number of ketones is 1. The molecule has 3 aliphatic rings. The molecular weight excluding hydrogens is 1150 g/mol. The second-order valence-electron chi connectivity index (χ2n) is 21.2. The van der Waals surface area contributed by atoms with Gasteiger partial charge >= 0.3 is 0 Å². The first-order valence-electron chi connectivity index (χ1n) is 25.7. The average molecular weight is 1200 g/mol. The number of thiocarbonyl (C=S) groups is 3. The van der Waals surface area contributed by atoms with E-state index in [0.717, 1.165) is 22.8 Å². The average Bonchev–Trinajstić information content (AvgIpc) is 1.71. The zero-order valence-corrected chi connectivity index (χ0v) is 50.3. The maximum Gasteiger partial charge on any atom is 0.259 e. The molecule has 3 heterocycles. The third-order valence-corrected chi connectivity index (χ3v) is 15.5. The molecular formula is C62H54F3N11O6S3. The number of rotatable bonds is 9. The first-order chi connectivity index (χ1) is 39.8. The van der Waals surface area contributed by atoms with Crippen LogP contribution in [0.5, 0.6) is 0 Å². The summed E-state index contributed by atoms with van der Waals surface area (Å²) >= 11 is 16.7. The van der Waals surface area contributed by atoms with Crippen LogP contribution in [-0.4, -0.2) is 74.3 Å². The van der Waals surface area contributed by atoms with Crippen LogP contribution in [0.2, 0.25) is 0 Å². The smallest absolute Gasteiger partial charge is 0.259 e. The number of hydrogen-bond donors (Lipinski definition) is 2. The van der Waals surface area contributed by atoms with E-state index in [-0.39, 0.29) is 55.5 Å². The molecule has 17 nitrogen and oxygen atoms in total. The number of carbonyl (C=O) groups is 6. The molecule has 0 atom stereocenters. The summed E-state index contributed by atoms with van der Waals surface area (Å²) in [5, 5.41) is 2.97. The van der Waals surface area contributed by atoms with Gasteiger partial charge in [-0.15, -0.1) is 0 Å². The van der Waals surface area contributed by atoms with Crippen molar-refractivity contribution in [3.63, 3.8) is 0 Å². The van der Waals surface area contributed by atoms with Crippen LogP contribution in [0.25, 0.3) is 14.5 Å². The summed E-state index contributed by atoms with van der Waals surface area (Å²) in [5.41, 5.74) is 8.01. The van der Waals surface area contributed by atoms with E-state index in [9.17, 15) is 41.9 Å². The lowest BCUT2D eigenvalue weighted by Crippen LogP contribution is -2.44. The van der Waals surface area contributed by atoms with Gasteiger partial charge in [0.1, 0.15) is 34.1 Å². The van der Waals surface area contributed by atoms with Gasteiger partial charge in [0.2, 0.25) is 0 Å². The maximum absolute atomic E-state index is 14.5. The molecule has 0 spiro atoms. The van der Waals surface area contributed by atoms with Gasteiger partial charge in [-0.1, -0.05) is 18.2 Å². The van der Waals surface area contributed by atoms with Crippen LogP contribution in [0.1, 0.15) is 96.2 Å². The Morgan fingerprint density at radius 2 is 0.741 bits per heavy atom. The van der Waals surface area contributed by atoms with Crippen molar-refractivity contribution in [1.29, 1.82) is 0 Å². The van der Waals surface area contributed by atoms with Crippen LogP contribution in [0.15, 0.2) is 109 Å². The summed E-state index contributed by atoms with van der Waals surface area (Å²) in [4.78, 5) is 93.1. The summed E-state index contributed by atoms with van der Waals surface area (Å²) in [6.07, 6.45) is 0. The van der Waals surface area contributed by atoms with Gasteiger partial charge in [0, 0.05) is 41.2 Å². The first-order valence-corrected chi connectivity index (χ1v) is 27.0. The lowest BCUT2D eigenvalue weighted by atomic mass is 10.0. The summed E-state index contributed by atoms with van der Waals surface area (Å²) in [7, 11) is 1.42. The van der Waals surface area contributed by atoms with Crippen molar-refractivity contribution < 1.29 is 41.9 Å². The van der Waals surface area contributed by atoms with E-state index in [1.165, 1.54) is 70.0 Å². The Labute approximate surface area is 505 Å². The van der Waals surface area contributed by atoms with Gasteiger partial charge in [-0.05, 0) is 214 Å². The van der Waals surface area contributed by atoms with Crippen LogP contribution in [0.4, 0.5) is 64.4 Å². The number of hydrogen-bond acceptors (Lipinski definition) is 9. The monoisotopic (exact) mass is 1200 g/mol. The second kappa shape index (κ2) is 23.9. The van der Waals surface area contributed by atoms with Crippen LogP contribution in [0.3, 0.4) is 0 Å². The van der Waals surface area contributed by atoms with Gasteiger partial charge in [-0.25, -0.2) is 27.7 Å². The van der Waals surface area contributed by atoms with Crippen LogP contribution in [0, 0.1) is 57.9 Å². The van der Waals surface area contributed by atoms with E-state index in [0.29, 0.717) is 51.2 Å². The van der Waals surface area contributed by atoms with Gasteiger partial charge in [-0.3, -0.25) is 43.5 Å². The molecule has 3 aliphatic heterocycles. The number of Topliss-reactive ketones (excluding diaryl/α,β-unsaturated/α-hetero) is 1. The number of nitrogens with two attached hydrogens (primary N) is 1. The number of nitrogens with one attached hydrogen (secondary N) is 1. The third kappa shape index (κ3) is 11.4. The fourth-order valence-corrected chi connectivity index (χ4v) is 11.4. The molecule has 6 aromatic carbocycles. The number of anilines is 6. The fourth-order valence-electron chi connectivity index (χ4n) is 9.81. The highest BCUT2D eigenvalue weighted by Gasteiger charge is 2.53. The first kappa shape index (κ1) is 62.9. The van der Waals surface area contributed by atoms with Crippen LogP contribution < -0.4 is 40.4 Å². The zero-order valence-electron chi connectivity index (χ0n) is 47.8. The molecule has 0 saturated carbocycles. The van der Waals surface area contributed by atoms with Gasteiger partial charge < -0.3 is 25.8 Å². The Kier molecular flexibility index (Phi) is 17.6. The SMILES string of the molecule is [C-]#[N+]c1ccc(N2C(=O)C(C)(C)N(c3ccc(C(=O)NC)c(F)c3)C2=S)cc1C.[C-]#[N+]c1ccc(N2C(=O)C(C)(C)N(c3ccc(C(C)=O)c(F)c3)C2=S)cc1C.[C-]#[N+]c1ccc(N2C(=O)C(C)(C)N(c3ccc(C(N)=O)c(F)c3)C2=S)cc1C. The summed E-state index contributed by atoms with van der Waals surface area (Å²) in [6, 6.07) is 27.3. The molecule has 23 heteroatoms. The highest BCUT2D eigenvalue weighted by atomic mass is 32.1. The van der Waals surface area contributed by atoms with Crippen molar-refractivity contribution in [2.45, 2.75) is 85.9 Å². The number of nitrogens with zero attached hydrogens (tertiary/aromatic N) is 9. The highest BCUT2D eigenvalue weighted by Crippen LogP contribution is 2.42. The van der Waals surface area contributed by atoms with Crippen molar-refractivity contribution in [3.05, 3.63) is 194 Å². The third-order valence-electron chi connectivity index (χ3n) is 14.4. The van der Waals surface area contributed by atoms with Crippen LogP contribution >= 0.6 is 36.7 Å². The standard InChI is InChI=1S/C21H19FN4O2S.C21H18FN3O2S.C20H17FN4O2S/c1-12-10-13(7-9-17(12)23-4)25-19(28)21(2,3)26(20(25)29)14-6-8-15(16(22)11-14)18(27)24-5;1-12-10-14(7-9-18(12)23-5)24-19(27)21(3,4)25(20(24)28)15-6-8-16(13(2)26)17(22)11-15;1-11-9-12(6-8-16(11)23-4)24-18(27)20(2,3)25(19(24)28)13-5-7-14(17(22)26)15(21)10-13/h6-11H,1-3,5H3,(H,24,27);6-11H,1-4H3;5-10H,1-3H3,(H2,22,26). The van der Waals surface area contributed by atoms with Gasteiger partial charge in [0.25, 0.3) is 29.5 Å². The number of benzene rings is 6. The molecule has 0 aliphatic carbocycles. The predicted molar refractivity (Wildman–Crippen MR) is 333 cm³/mol. The summed E-state index contributed by atoms with van der Waals surface area (Å²) in [5.74, 6) is -4.75. The Morgan fingerprint density at radius 1 is 0.471 bits per heavy atom. The van der Waals surface area contributed by atoms with E-state index in [1.807, 2.05) is 0 Å². The molecule has 9 rings (SSSR count). The fraction of sp³-hybridized carbons (Fsp3) is 0.226. The summed E-state index contributed by atoms with van der Waals surface area (Å²) in [6.45, 7) is 38.3. The molecule has 3 saturated heterocycles. The van der Waals surface area contributed by atoms with Gasteiger partial charge in [-0.2, -0.15) is 0 Å². The van der Waals surface area contributed by atoms with Gasteiger partial charge in [0.05, 0.1) is 36.4 Å². The van der Waals surface area contributed by atoms with E-state index < -0.39 is 45.9 Å². The number of halogens is 3. The Morgan fingerprint density at radius 3 is 0.976 bits per heavy atom. The lowest BCUT2D eigenvalue weighted by molar-refractivity contribution is -0.121. The maximum atomic E-state index is 14.5. The number of aryl methyl sites for hydroxylation is 3. The molecule has 432 valence electrons. The highest BCUT2D eigenvalue weighted by molar-refractivity contribution is 7.81. The topological polar surface area (TPSA) is 173 Å². The Balaban J connectivity index is 0.000000183. The normalized spacial score (nSPS) is 15.6. The predicted octanol–water partition coefficient (Wildman–Crippen LogP) is 12.5. The minimum absolute atomic E-state index is 0.0137. The zero-order chi connectivity index (χ0) is 63.1. The molecule has 3 fully saturated rings. The van der Waals surface area contributed by atoms with Crippen molar-refractivity contribution in [2.75, 3.05) is 36.4 Å². The quantitative estimate of drug-likeness (QED) is 0.0798. The van der Waals surface area contributed by atoms with E-state index in [2.05, 4.69) is 19.9 Å². The lowest BCUT2D eigenvalue weighted by Gasteiger charge is -2.29. The minimum atomic E-state index is -1.08. The van der Waals surface area contributed by atoms with Crippen LogP contribution in [-0.2, 0) is 14.4 Å².